The van der Waals surface area contributed by atoms with Crippen LogP contribution in [-0.2, 0) is 9.47 Å². The van der Waals surface area contributed by atoms with Gasteiger partial charge in [-0.05, 0) is 13.0 Å². The van der Waals surface area contributed by atoms with E-state index in [2.05, 4.69) is 0 Å². The van der Waals surface area contributed by atoms with Crippen LogP contribution in [0.5, 0.6) is 0 Å². The van der Waals surface area contributed by atoms with E-state index < -0.39 is 22.8 Å². The molecule has 0 radical (unpaired) electrons. The molecule has 1 amide bonds. The SMILES string of the molecule is CC1(CCN2C(=O)c3cccc([N+](=O)[O-])c3[C@H]2O)OCCO1. The maximum atomic E-state index is 12.4. The smallest absolute Gasteiger partial charge is 0.277 e. The molecule has 8 heteroatoms. The van der Waals surface area contributed by atoms with Crippen LogP contribution < -0.4 is 0 Å². The van der Waals surface area contributed by atoms with E-state index in [-0.39, 0.29) is 23.4 Å². The predicted octanol–water partition coefficient (Wildman–Crippen LogP) is 1.19. The van der Waals surface area contributed by atoms with E-state index in [9.17, 15) is 20.0 Å². The number of ether oxygens (including phenoxy) is 2. The molecular formula is C14H16N2O6. The van der Waals surface area contributed by atoms with Gasteiger partial charge in [-0.2, -0.15) is 0 Å². The number of nitrogens with zero attached hydrogens (tertiary/aromatic N) is 2. The summed E-state index contributed by atoms with van der Waals surface area (Å²) in [5.41, 5.74) is -0.0311. The molecule has 0 saturated carbocycles. The Kier molecular flexibility index (Phi) is 3.59. The number of carbonyl (C=O) groups is 1. The van der Waals surface area contributed by atoms with Gasteiger partial charge in [0.1, 0.15) is 0 Å². The van der Waals surface area contributed by atoms with Gasteiger partial charge >= 0.3 is 0 Å². The molecule has 22 heavy (non-hydrogen) atoms. The second-order valence-electron chi connectivity index (χ2n) is 5.45. The van der Waals surface area contributed by atoms with Crippen LogP contribution in [0.4, 0.5) is 5.69 Å². The molecule has 0 aliphatic carbocycles. The van der Waals surface area contributed by atoms with Gasteiger partial charge in [-0.1, -0.05) is 6.07 Å². The highest BCUT2D eigenvalue weighted by Crippen LogP contribution is 2.38. The van der Waals surface area contributed by atoms with Gasteiger partial charge in [0.25, 0.3) is 11.6 Å². The number of amides is 1. The molecule has 0 unspecified atom stereocenters. The Morgan fingerprint density at radius 2 is 2.14 bits per heavy atom. The zero-order chi connectivity index (χ0) is 15.9. The van der Waals surface area contributed by atoms with Crippen molar-refractivity contribution in [2.75, 3.05) is 19.8 Å². The van der Waals surface area contributed by atoms with Crippen LogP contribution in [0.25, 0.3) is 0 Å². The molecule has 1 fully saturated rings. The van der Waals surface area contributed by atoms with Crippen LogP contribution in [0.15, 0.2) is 18.2 Å². The van der Waals surface area contributed by atoms with Crippen molar-refractivity contribution in [3.8, 4) is 0 Å². The number of nitro benzene ring substituents is 1. The first-order valence-electron chi connectivity index (χ1n) is 6.97. The molecule has 1 atom stereocenters. The molecule has 1 N–H and O–H groups in total. The van der Waals surface area contributed by atoms with Crippen LogP contribution in [-0.4, -0.2) is 46.4 Å². The van der Waals surface area contributed by atoms with E-state index in [1.54, 1.807) is 6.92 Å². The first kappa shape index (κ1) is 14.9. The fraction of sp³-hybridized carbons (Fsp3) is 0.500. The van der Waals surface area contributed by atoms with Crippen molar-refractivity contribution in [3.05, 3.63) is 39.4 Å². The standard InChI is InChI=1S/C14H16N2O6/c1-14(21-7-8-22-14)5-6-15-12(17)9-3-2-4-10(16(19)20)11(9)13(15)18/h2-4,13,18H,5-8H2,1H3/t13-/m1/s1. The molecule has 0 bridgehead atoms. The van der Waals surface area contributed by atoms with E-state index in [0.717, 1.165) is 0 Å². The highest BCUT2D eigenvalue weighted by molar-refractivity contribution is 6.00. The van der Waals surface area contributed by atoms with Gasteiger partial charge in [0.2, 0.25) is 0 Å². The Balaban J connectivity index is 1.82. The first-order chi connectivity index (χ1) is 10.4. The number of hydrogen-bond donors (Lipinski definition) is 1. The van der Waals surface area contributed by atoms with Gasteiger partial charge < -0.3 is 19.5 Å². The molecule has 1 aromatic rings. The normalized spacial score (nSPS) is 22.9. The molecule has 1 saturated heterocycles. The summed E-state index contributed by atoms with van der Waals surface area (Å²) in [7, 11) is 0. The monoisotopic (exact) mass is 308 g/mol. The summed E-state index contributed by atoms with van der Waals surface area (Å²) in [6.07, 6.45) is -0.952. The molecular weight excluding hydrogens is 292 g/mol. The number of hydrogen-bond acceptors (Lipinski definition) is 6. The first-order valence-corrected chi connectivity index (χ1v) is 6.97. The van der Waals surface area contributed by atoms with Crippen LogP contribution >= 0.6 is 0 Å². The summed E-state index contributed by atoms with van der Waals surface area (Å²) >= 11 is 0. The van der Waals surface area contributed by atoms with Crippen molar-refractivity contribution in [2.24, 2.45) is 0 Å². The van der Waals surface area contributed by atoms with E-state index in [1.807, 2.05) is 0 Å². The Morgan fingerprint density at radius 1 is 1.45 bits per heavy atom. The second-order valence-corrected chi connectivity index (χ2v) is 5.45. The van der Waals surface area contributed by atoms with Crippen LogP contribution in [0.3, 0.4) is 0 Å². The van der Waals surface area contributed by atoms with Gasteiger partial charge in [-0.15, -0.1) is 0 Å². The molecule has 0 aromatic heterocycles. The zero-order valence-electron chi connectivity index (χ0n) is 12.0. The van der Waals surface area contributed by atoms with Crippen LogP contribution in [0.1, 0.15) is 35.5 Å². The average Bonchev–Trinajstić information content (AvgIpc) is 3.01. The summed E-state index contributed by atoms with van der Waals surface area (Å²) in [5.74, 6) is -1.21. The summed E-state index contributed by atoms with van der Waals surface area (Å²) in [5, 5.41) is 21.4. The van der Waals surface area contributed by atoms with E-state index in [0.29, 0.717) is 19.6 Å². The van der Waals surface area contributed by atoms with Crippen molar-refractivity contribution in [1.82, 2.24) is 4.90 Å². The third-order valence-electron chi connectivity index (χ3n) is 4.03. The van der Waals surface area contributed by atoms with Gasteiger partial charge in [-0.3, -0.25) is 14.9 Å². The minimum atomic E-state index is -1.32. The van der Waals surface area contributed by atoms with Crippen molar-refractivity contribution in [2.45, 2.75) is 25.4 Å². The maximum Gasteiger partial charge on any atom is 0.277 e. The second kappa shape index (κ2) is 5.31. The zero-order valence-corrected chi connectivity index (χ0v) is 12.0. The number of aliphatic hydroxyl groups is 1. The third-order valence-corrected chi connectivity index (χ3v) is 4.03. The molecule has 8 nitrogen and oxygen atoms in total. The number of nitro groups is 1. The number of carbonyl (C=O) groups excluding carboxylic acids is 1. The molecule has 0 spiro atoms. The number of benzene rings is 1. The minimum absolute atomic E-state index is 0.0518. The number of rotatable bonds is 4. The lowest BCUT2D eigenvalue weighted by atomic mass is 10.1. The summed E-state index contributed by atoms with van der Waals surface area (Å²) in [6.45, 7) is 2.92. The van der Waals surface area contributed by atoms with E-state index >= 15 is 0 Å². The Labute approximate surface area is 126 Å². The maximum absolute atomic E-state index is 12.4. The van der Waals surface area contributed by atoms with Crippen LogP contribution in [0, 0.1) is 10.1 Å². The quantitative estimate of drug-likeness (QED) is 0.662. The van der Waals surface area contributed by atoms with Crippen molar-refractivity contribution in [3.63, 3.8) is 0 Å². The Bertz CT molecular complexity index is 626. The number of aliphatic hydroxyl groups excluding tert-OH is 1. The fourth-order valence-electron chi connectivity index (χ4n) is 2.84. The largest absolute Gasteiger partial charge is 0.369 e. The van der Waals surface area contributed by atoms with Crippen LogP contribution in [0.2, 0.25) is 0 Å². The molecule has 2 aliphatic heterocycles. The Morgan fingerprint density at radius 3 is 2.77 bits per heavy atom. The van der Waals surface area contributed by atoms with E-state index in [1.165, 1.54) is 23.1 Å². The number of fused-ring (bicyclic) bond motifs is 1. The lowest BCUT2D eigenvalue weighted by Gasteiger charge is -2.27. The Hall–Kier alpha value is -2.03. The summed E-state index contributed by atoms with van der Waals surface area (Å²) in [4.78, 5) is 24.0. The van der Waals surface area contributed by atoms with E-state index in [4.69, 9.17) is 9.47 Å². The molecule has 2 aliphatic rings. The molecule has 1 aromatic carbocycles. The highest BCUT2D eigenvalue weighted by atomic mass is 16.7. The van der Waals surface area contributed by atoms with Gasteiger partial charge in [-0.25, -0.2) is 0 Å². The molecule has 3 rings (SSSR count). The fourth-order valence-corrected chi connectivity index (χ4v) is 2.84. The van der Waals surface area contributed by atoms with Gasteiger partial charge in [0, 0.05) is 19.0 Å². The average molecular weight is 308 g/mol. The third kappa shape index (κ3) is 2.35. The lowest BCUT2D eigenvalue weighted by molar-refractivity contribution is -0.386. The molecule has 118 valence electrons. The van der Waals surface area contributed by atoms with Gasteiger partial charge in [0.15, 0.2) is 12.0 Å². The minimum Gasteiger partial charge on any atom is -0.369 e. The molecule has 2 heterocycles. The van der Waals surface area contributed by atoms with Crippen molar-refractivity contribution < 1.29 is 24.3 Å². The highest BCUT2D eigenvalue weighted by Gasteiger charge is 2.42. The predicted molar refractivity (Wildman–Crippen MR) is 74.0 cm³/mol. The topological polar surface area (TPSA) is 102 Å². The van der Waals surface area contributed by atoms with Crippen molar-refractivity contribution in [1.29, 1.82) is 0 Å². The lowest BCUT2D eigenvalue weighted by Crippen LogP contribution is -2.35. The summed E-state index contributed by atoms with van der Waals surface area (Å²) in [6, 6.07) is 4.21. The van der Waals surface area contributed by atoms with Crippen molar-refractivity contribution >= 4 is 11.6 Å². The summed E-state index contributed by atoms with van der Waals surface area (Å²) < 4.78 is 10.9. The van der Waals surface area contributed by atoms with Gasteiger partial charge in [0.05, 0.1) is 29.3 Å².